The normalized spacial score (nSPS) is 27.9. The van der Waals surface area contributed by atoms with Crippen LogP contribution in [0.4, 0.5) is 4.79 Å². The molecule has 1 fully saturated rings. The summed E-state index contributed by atoms with van der Waals surface area (Å²) in [5, 5.41) is 21.3. The molecule has 1 rings (SSSR count). The van der Waals surface area contributed by atoms with E-state index in [-0.39, 0.29) is 13.1 Å². The van der Waals surface area contributed by atoms with Crippen molar-refractivity contribution < 1.29 is 15.0 Å². The van der Waals surface area contributed by atoms with Crippen LogP contribution in [0, 0.1) is 0 Å². The molecule has 1 amide bonds. The Morgan fingerprint density at radius 2 is 2.38 bits per heavy atom. The molecule has 7 nitrogen and oxygen atoms in total. The van der Waals surface area contributed by atoms with Crippen molar-refractivity contribution in [1.29, 1.82) is 0 Å². The number of azide groups is 1. The molecule has 13 heavy (non-hydrogen) atoms. The standard InChI is InChI=1S/C6H10N4O3/c7-9-8-4-3-10(6(12)13)2-1-5(4)11/h4-5,11H,1-3H2,(H,12,13). The second kappa shape index (κ2) is 3.97. The summed E-state index contributed by atoms with van der Waals surface area (Å²) in [6.45, 7) is 0.356. The average Bonchev–Trinajstić information content (AvgIpc) is 2.08. The molecule has 0 spiro atoms. The lowest BCUT2D eigenvalue weighted by molar-refractivity contribution is 0.0608. The fraction of sp³-hybridized carbons (Fsp3) is 0.833. The van der Waals surface area contributed by atoms with Gasteiger partial charge in [-0.15, -0.1) is 0 Å². The highest BCUT2D eigenvalue weighted by Gasteiger charge is 2.29. The number of hydrogen-bond donors (Lipinski definition) is 2. The average molecular weight is 186 g/mol. The molecule has 1 saturated heterocycles. The smallest absolute Gasteiger partial charge is 0.407 e. The number of piperidine rings is 1. The minimum absolute atomic E-state index is 0.0700. The minimum Gasteiger partial charge on any atom is -0.465 e. The molecular formula is C6H10N4O3. The maximum Gasteiger partial charge on any atom is 0.407 e. The molecule has 2 N–H and O–H groups in total. The second-order valence-corrected chi connectivity index (χ2v) is 2.86. The Hall–Kier alpha value is -1.46. The van der Waals surface area contributed by atoms with Crippen molar-refractivity contribution in [3.63, 3.8) is 0 Å². The van der Waals surface area contributed by atoms with Crippen LogP contribution < -0.4 is 0 Å². The Labute approximate surface area is 74.2 Å². The quantitative estimate of drug-likeness (QED) is 0.351. The van der Waals surface area contributed by atoms with Crippen molar-refractivity contribution in [2.24, 2.45) is 5.11 Å². The number of hydrogen-bond acceptors (Lipinski definition) is 3. The van der Waals surface area contributed by atoms with Crippen molar-refractivity contribution in [2.75, 3.05) is 13.1 Å². The summed E-state index contributed by atoms with van der Waals surface area (Å²) in [4.78, 5) is 14.2. The lowest BCUT2D eigenvalue weighted by atomic mass is 10.0. The molecule has 1 aliphatic heterocycles. The zero-order chi connectivity index (χ0) is 9.84. The van der Waals surface area contributed by atoms with Crippen LogP contribution in [0.1, 0.15) is 6.42 Å². The van der Waals surface area contributed by atoms with Crippen molar-refractivity contribution in [3.8, 4) is 0 Å². The van der Waals surface area contributed by atoms with E-state index in [1.165, 1.54) is 0 Å². The van der Waals surface area contributed by atoms with Gasteiger partial charge in [0.1, 0.15) is 0 Å². The molecule has 0 aromatic heterocycles. The molecule has 7 heteroatoms. The summed E-state index contributed by atoms with van der Waals surface area (Å²) in [5.74, 6) is 0. The highest BCUT2D eigenvalue weighted by atomic mass is 16.4. The van der Waals surface area contributed by atoms with Crippen molar-refractivity contribution in [1.82, 2.24) is 4.90 Å². The van der Waals surface area contributed by atoms with Crippen molar-refractivity contribution in [2.45, 2.75) is 18.6 Å². The van der Waals surface area contributed by atoms with E-state index >= 15 is 0 Å². The highest BCUT2D eigenvalue weighted by Crippen LogP contribution is 2.14. The molecule has 0 saturated carbocycles. The van der Waals surface area contributed by atoms with E-state index in [2.05, 4.69) is 10.0 Å². The third kappa shape index (κ3) is 2.24. The number of carboxylic acid groups (broad SMARTS) is 1. The first kappa shape index (κ1) is 9.63. The van der Waals surface area contributed by atoms with E-state index in [9.17, 15) is 9.90 Å². The lowest BCUT2D eigenvalue weighted by Gasteiger charge is -2.31. The minimum atomic E-state index is -1.05. The summed E-state index contributed by atoms with van der Waals surface area (Å²) >= 11 is 0. The van der Waals surface area contributed by atoms with Crippen LogP contribution in [0.3, 0.4) is 0 Å². The highest BCUT2D eigenvalue weighted by molar-refractivity contribution is 5.65. The lowest BCUT2D eigenvalue weighted by Crippen LogP contribution is -2.47. The number of amides is 1. The van der Waals surface area contributed by atoms with Gasteiger partial charge in [-0.05, 0) is 12.0 Å². The van der Waals surface area contributed by atoms with Gasteiger partial charge in [-0.2, -0.15) is 0 Å². The van der Waals surface area contributed by atoms with Gasteiger partial charge in [0.15, 0.2) is 0 Å². The number of rotatable bonds is 1. The Kier molecular flexibility index (Phi) is 2.94. The number of carbonyl (C=O) groups is 1. The molecule has 0 radical (unpaired) electrons. The Morgan fingerprint density at radius 1 is 1.69 bits per heavy atom. The third-order valence-electron chi connectivity index (χ3n) is 2.02. The van der Waals surface area contributed by atoms with E-state index < -0.39 is 18.2 Å². The first-order chi connectivity index (χ1) is 6.15. The van der Waals surface area contributed by atoms with Crippen LogP contribution in [-0.4, -0.2) is 46.4 Å². The Morgan fingerprint density at radius 3 is 2.92 bits per heavy atom. The van der Waals surface area contributed by atoms with Gasteiger partial charge in [0, 0.05) is 18.0 Å². The van der Waals surface area contributed by atoms with Crippen LogP contribution >= 0.6 is 0 Å². The SMILES string of the molecule is [N-]=[N+]=NC1CN(C(=O)O)CCC1O. The molecule has 1 aliphatic rings. The predicted octanol–water partition coefficient (Wildman–Crippen LogP) is 0.410. The van der Waals surface area contributed by atoms with Crippen LogP contribution in [0.2, 0.25) is 0 Å². The van der Waals surface area contributed by atoms with E-state index in [0.717, 1.165) is 4.90 Å². The van der Waals surface area contributed by atoms with E-state index in [0.29, 0.717) is 6.42 Å². The Balaban J connectivity index is 2.62. The summed E-state index contributed by atoms with van der Waals surface area (Å²) in [6, 6.07) is -0.658. The van der Waals surface area contributed by atoms with Gasteiger partial charge in [0.2, 0.25) is 0 Å². The van der Waals surface area contributed by atoms with Crippen LogP contribution in [0.15, 0.2) is 5.11 Å². The van der Waals surface area contributed by atoms with Gasteiger partial charge in [-0.3, -0.25) is 0 Å². The zero-order valence-electron chi connectivity index (χ0n) is 6.87. The largest absolute Gasteiger partial charge is 0.465 e. The van der Waals surface area contributed by atoms with Gasteiger partial charge in [-0.25, -0.2) is 4.79 Å². The molecule has 72 valence electrons. The van der Waals surface area contributed by atoms with Gasteiger partial charge in [0.05, 0.1) is 12.1 Å². The predicted molar refractivity (Wildman–Crippen MR) is 43.2 cm³/mol. The summed E-state index contributed by atoms with van der Waals surface area (Å²) in [5.41, 5.74) is 8.14. The fourth-order valence-corrected chi connectivity index (χ4v) is 1.27. The van der Waals surface area contributed by atoms with Gasteiger partial charge in [-0.1, -0.05) is 5.11 Å². The maximum atomic E-state index is 10.5. The maximum absolute atomic E-state index is 10.5. The second-order valence-electron chi connectivity index (χ2n) is 2.86. The van der Waals surface area contributed by atoms with Crippen LogP contribution in [0.5, 0.6) is 0 Å². The monoisotopic (exact) mass is 186 g/mol. The van der Waals surface area contributed by atoms with Gasteiger partial charge < -0.3 is 15.1 Å². The number of nitrogens with zero attached hydrogens (tertiary/aromatic N) is 4. The number of aliphatic hydroxyl groups is 1. The molecule has 2 atom stereocenters. The Bertz CT molecular complexity index is 250. The van der Waals surface area contributed by atoms with Crippen molar-refractivity contribution >= 4 is 6.09 Å². The number of likely N-dealkylation sites (tertiary alicyclic amines) is 1. The summed E-state index contributed by atoms with van der Waals surface area (Å²) < 4.78 is 0. The molecule has 0 aromatic carbocycles. The van der Waals surface area contributed by atoms with Crippen LogP contribution in [-0.2, 0) is 0 Å². The first-order valence-electron chi connectivity index (χ1n) is 3.85. The van der Waals surface area contributed by atoms with Gasteiger partial charge in [0.25, 0.3) is 0 Å². The molecule has 0 aromatic rings. The van der Waals surface area contributed by atoms with E-state index in [4.69, 9.17) is 10.6 Å². The molecule has 2 unspecified atom stereocenters. The summed E-state index contributed by atoms with van der Waals surface area (Å²) in [6.07, 6.45) is -1.47. The van der Waals surface area contributed by atoms with Gasteiger partial charge >= 0.3 is 6.09 Å². The third-order valence-corrected chi connectivity index (χ3v) is 2.02. The van der Waals surface area contributed by atoms with E-state index in [1.54, 1.807) is 0 Å². The fourth-order valence-electron chi connectivity index (χ4n) is 1.27. The van der Waals surface area contributed by atoms with Crippen molar-refractivity contribution in [3.05, 3.63) is 10.4 Å². The molecular weight excluding hydrogens is 176 g/mol. The number of aliphatic hydroxyl groups excluding tert-OH is 1. The first-order valence-corrected chi connectivity index (χ1v) is 3.85. The topological polar surface area (TPSA) is 110 Å². The summed E-state index contributed by atoms with van der Waals surface area (Å²) in [7, 11) is 0. The van der Waals surface area contributed by atoms with E-state index in [1.807, 2.05) is 0 Å². The molecule has 0 bridgehead atoms. The molecule has 1 heterocycles. The van der Waals surface area contributed by atoms with Crippen LogP contribution in [0.25, 0.3) is 10.4 Å². The zero-order valence-corrected chi connectivity index (χ0v) is 6.87. The molecule has 0 aliphatic carbocycles.